The van der Waals surface area contributed by atoms with Gasteiger partial charge in [-0.15, -0.1) is 0 Å². The van der Waals surface area contributed by atoms with E-state index in [4.69, 9.17) is 10.8 Å². The summed E-state index contributed by atoms with van der Waals surface area (Å²) in [4.78, 5) is 25.6. The van der Waals surface area contributed by atoms with Gasteiger partial charge >= 0.3 is 0 Å². The van der Waals surface area contributed by atoms with Crippen molar-refractivity contribution >= 4 is 34.1 Å². The van der Waals surface area contributed by atoms with Gasteiger partial charge in [0.1, 0.15) is 11.4 Å². The van der Waals surface area contributed by atoms with Crippen LogP contribution in [0.4, 0.5) is 0 Å². The summed E-state index contributed by atoms with van der Waals surface area (Å²) in [5, 5.41) is 15.5. The lowest BCUT2D eigenvalue weighted by Crippen LogP contribution is -2.02. The monoisotopic (exact) mass is 501 g/mol. The normalized spacial score (nSPS) is 13.7. The van der Waals surface area contributed by atoms with Gasteiger partial charge in [0, 0.05) is 49.3 Å². The van der Waals surface area contributed by atoms with Crippen LogP contribution in [0.3, 0.4) is 0 Å². The van der Waals surface area contributed by atoms with Gasteiger partial charge in [-0.05, 0) is 23.3 Å². The fraction of sp³-hybridized carbons (Fsp3) is 0.121. The summed E-state index contributed by atoms with van der Waals surface area (Å²) in [5.74, 6) is -0.254. The van der Waals surface area contributed by atoms with Gasteiger partial charge in [-0.25, -0.2) is 4.98 Å². The van der Waals surface area contributed by atoms with E-state index in [1.165, 1.54) is 13.8 Å². The number of rotatable bonds is 4. The van der Waals surface area contributed by atoms with Crippen LogP contribution in [0.1, 0.15) is 58.8 Å². The van der Waals surface area contributed by atoms with E-state index in [0.717, 1.165) is 35.1 Å². The third-order valence-corrected chi connectivity index (χ3v) is 5.73. The van der Waals surface area contributed by atoms with Crippen LogP contribution in [0.25, 0.3) is 11.1 Å². The number of nitrogens with zero attached hydrogens (tertiary/aromatic N) is 1. The van der Waals surface area contributed by atoms with Crippen molar-refractivity contribution in [2.75, 3.05) is 0 Å². The van der Waals surface area contributed by atoms with E-state index in [0.29, 0.717) is 22.8 Å². The first kappa shape index (κ1) is 27.8. The molecule has 0 atom stereocenters. The van der Waals surface area contributed by atoms with Crippen molar-refractivity contribution in [3.8, 4) is 0 Å². The third-order valence-electron chi connectivity index (χ3n) is 5.73. The molecular weight excluding hydrogens is 470 g/mol. The summed E-state index contributed by atoms with van der Waals surface area (Å²) in [5.41, 5.74) is 6.44. The molecule has 2 aromatic carbocycles. The van der Waals surface area contributed by atoms with Crippen molar-refractivity contribution in [3.05, 3.63) is 138 Å². The zero-order valence-corrected chi connectivity index (χ0v) is 21.6. The summed E-state index contributed by atoms with van der Waals surface area (Å²) < 4.78 is 0. The maximum Gasteiger partial charge on any atom is 0.178 e. The van der Waals surface area contributed by atoms with E-state index in [1.807, 2.05) is 97.1 Å². The van der Waals surface area contributed by atoms with Crippen molar-refractivity contribution in [3.63, 3.8) is 0 Å². The number of aromatic nitrogens is 1. The summed E-state index contributed by atoms with van der Waals surface area (Å²) in [6.45, 7) is 2.85. The van der Waals surface area contributed by atoms with E-state index in [-0.39, 0.29) is 11.6 Å². The highest BCUT2D eigenvalue weighted by Crippen LogP contribution is 2.21. The first-order valence-electron chi connectivity index (χ1n) is 12.4. The van der Waals surface area contributed by atoms with Crippen LogP contribution >= 0.6 is 0 Å². The Labute approximate surface area is 224 Å². The van der Waals surface area contributed by atoms with Crippen LogP contribution in [0.5, 0.6) is 0 Å². The van der Waals surface area contributed by atoms with Gasteiger partial charge < -0.3 is 10.8 Å². The molecule has 5 rings (SSSR count). The number of allylic oxidation sites excluding steroid dienone is 8. The zero-order chi connectivity index (χ0) is 27.3. The molecule has 2 aliphatic rings. The quantitative estimate of drug-likeness (QED) is 0.361. The second-order valence-corrected chi connectivity index (χ2v) is 8.63. The van der Waals surface area contributed by atoms with Gasteiger partial charge in [-0.1, -0.05) is 103 Å². The molecular formula is C33H31N3O2. The molecule has 2 N–H and O–H groups in total. The lowest BCUT2D eigenvalue weighted by molar-refractivity contribution is 0.101. The molecule has 0 unspecified atom stereocenters. The van der Waals surface area contributed by atoms with Crippen molar-refractivity contribution < 1.29 is 9.59 Å². The SMILES string of the molecule is CC(=O)c1cccc(C(C)=O)n1.N=C1CC=CC=C1c1ccccc1.N=C1CC=CC=C1c1ccccc1. The van der Waals surface area contributed by atoms with Crippen LogP contribution < -0.4 is 0 Å². The molecule has 0 aliphatic heterocycles. The number of nitrogens with one attached hydrogen (secondary N) is 2. The van der Waals surface area contributed by atoms with Crippen molar-refractivity contribution in [2.24, 2.45) is 0 Å². The molecule has 2 aliphatic carbocycles. The number of carbonyl (C=O) groups is 2. The Hall–Kier alpha value is -4.77. The number of benzene rings is 2. The first-order valence-corrected chi connectivity index (χ1v) is 12.4. The number of pyridine rings is 1. The van der Waals surface area contributed by atoms with Gasteiger partial charge in [0.2, 0.25) is 0 Å². The van der Waals surface area contributed by atoms with E-state index >= 15 is 0 Å². The van der Waals surface area contributed by atoms with Gasteiger partial charge in [-0.2, -0.15) is 0 Å². The molecule has 1 aromatic heterocycles. The molecule has 0 amide bonds. The minimum atomic E-state index is -0.127. The minimum absolute atomic E-state index is 0.127. The Morgan fingerprint density at radius 1 is 0.605 bits per heavy atom. The molecule has 0 saturated carbocycles. The van der Waals surface area contributed by atoms with Crippen LogP contribution in [0.15, 0.2) is 115 Å². The van der Waals surface area contributed by atoms with Crippen LogP contribution in [0.2, 0.25) is 0 Å². The standard InChI is InChI=1S/2C12H11N.C9H9NO2/c2*13-12-9-5-4-8-11(12)10-6-2-1-3-7-10;1-6(11)8-4-3-5-9(10-8)7(2)12/h2*1-8,13H,9H2;3-5H,1-2H3. The van der Waals surface area contributed by atoms with Crippen LogP contribution in [-0.2, 0) is 0 Å². The average molecular weight is 502 g/mol. The van der Waals surface area contributed by atoms with E-state index in [1.54, 1.807) is 18.2 Å². The lowest BCUT2D eigenvalue weighted by atomic mass is 9.96. The molecule has 5 heteroatoms. The second kappa shape index (κ2) is 14.1. The number of Topliss-reactive ketones (excluding diaryl/α,β-unsaturated/α-hetero) is 2. The molecule has 0 bridgehead atoms. The van der Waals surface area contributed by atoms with Gasteiger partial charge in [-0.3, -0.25) is 9.59 Å². The van der Waals surface area contributed by atoms with Crippen LogP contribution in [0, 0.1) is 10.8 Å². The van der Waals surface area contributed by atoms with Crippen molar-refractivity contribution in [2.45, 2.75) is 26.7 Å². The van der Waals surface area contributed by atoms with E-state index in [2.05, 4.69) is 4.98 Å². The molecule has 0 saturated heterocycles. The predicted octanol–water partition coefficient (Wildman–Crippen LogP) is 7.59. The Balaban J connectivity index is 0.000000158. The zero-order valence-electron chi connectivity index (χ0n) is 21.6. The second-order valence-electron chi connectivity index (χ2n) is 8.63. The summed E-state index contributed by atoms with van der Waals surface area (Å²) >= 11 is 0. The fourth-order valence-electron chi connectivity index (χ4n) is 3.72. The van der Waals surface area contributed by atoms with Gasteiger partial charge in [0.15, 0.2) is 11.6 Å². The van der Waals surface area contributed by atoms with E-state index in [9.17, 15) is 9.59 Å². The third kappa shape index (κ3) is 8.14. The molecule has 1 heterocycles. The van der Waals surface area contributed by atoms with Gasteiger partial charge in [0.25, 0.3) is 0 Å². The Kier molecular flexibility index (Phi) is 10.3. The van der Waals surface area contributed by atoms with E-state index < -0.39 is 0 Å². The number of carbonyl (C=O) groups excluding carboxylic acids is 2. The summed E-state index contributed by atoms with van der Waals surface area (Å²) in [6.07, 6.45) is 13.5. The Bertz CT molecular complexity index is 1320. The molecule has 5 nitrogen and oxygen atoms in total. The first-order chi connectivity index (χ1) is 18.4. The molecule has 0 fully saturated rings. The Morgan fingerprint density at radius 3 is 1.34 bits per heavy atom. The molecule has 0 spiro atoms. The lowest BCUT2D eigenvalue weighted by Gasteiger charge is -2.10. The largest absolute Gasteiger partial charge is 0.304 e. The smallest absolute Gasteiger partial charge is 0.178 e. The highest BCUT2D eigenvalue weighted by atomic mass is 16.1. The summed E-state index contributed by atoms with van der Waals surface area (Å²) in [6, 6.07) is 25.0. The summed E-state index contributed by atoms with van der Waals surface area (Å²) in [7, 11) is 0. The maximum absolute atomic E-state index is 10.8. The molecule has 0 radical (unpaired) electrons. The topological polar surface area (TPSA) is 94.7 Å². The number of hydrogen-bond donors (Lipinski definition) is 2. The number of hydrogen-bond acceptors (Lipinski definition) is 5. The van der Waals surface area contributed by atoms with Gasteiger partial charge in [0.05, 0.1) is 0 Å². The number of ketones is 2. The molecule has 3 aromatic rings. The maximum atomic E-state index is 10.8. The molecule has 190 valence electrons. The molecule has 38 heavy (non-hydrogen) atoms. The minimum Gasteiger partial charge on any atom is -0.304 e. The van der Waals surface area contributed by atoms with Crippen LogP contribution in [-0.4, -0.2) is 28.0 Å². The van der Waals surface area contributed by atoms with Crippen molar-refractivity contribution in [1.82, 2.24) is 4.98 Å². The fourth-order valence-corrected chi connectivity index (χ4v) is 3.72. The highest BCUT2D eigenvalue weighted by Gasteiger charge is 2.08. The predicted molar refractivity (Wildman–Crippen MR) is 156 cm³/mol. The highest BCUT2D eigenvalue weighted by molar-refractivity contribution is 6.24. The van der Waals surface area contributed by atoms with Crippen molar-refractivity contribution in [1.29, 1.82) is 10.8 Å². The average Bonchev–Trinajstić information content (AvgIpc) is 2.95. The Morgan fingerprint density at radius 2 is 1.00 bits per heavy atom.